The van der Waals surface area contributed by atoms with Gasteiger partial charge in [0.1, 0.15) is 0 Å². The number of hydrogen-bond donors (Lipinski definition) is 0. The molecular formula is C16H24O4. The second-order valence-corrected chi connectivity index (χ2v) is 5.68. The molecule has 0 amide bonds. The summed E-state index contributed by atoms with van der Waals surface area (Å²) in [6.07, 6.45) is 0.642. The first kappa shape index (κ1) is 16.7. The van der Waals surface area contributed by atoms with Crippen molar-refractivity contribution >= 4 is 5.97 Å². The van der Waals surface area contributed by atoms with Crippen molar-refractivity contribution in [2.45, 2.75) is 46.6 Å². The molecule has 0 aliphatic carbocycles. The summed E-state index contributed by atoms with van der Waals surface area (Å²) >= 11 is 0. The number of carbonyl (C=O) groups is 1. The normalized spacial score (nSPS) is 11.5. The standard InChI is InChI=1S/C16H24O4/c1-11-9-12(2)14(13(3)10-11)15(17)20-19-8-7-16(4,5)18-6/h9-10H,7-8H2,1-6H3. The molecule has 0 atom stereocenters. The van der Waals surface area contributed by atoms with E-state index in [1.165, 1.54) is 0 Å². The lowest BCUT2D eigenvalue weighted by Crippen LogP contribution is -2.24. The summed E-state index contributed by atoms with van der Waals surface area (Å²) in [5, 5.41) is 0. The molecule has 0 saturated carbocycles. The molecule has 0 saturated heterocycles. The van der Waals surface area contributed by atoms with E-state index < -0.39 is 5.97 Å². The molecule has 112 valence electrons. The predicted molar refractivity (Wildman–Crippen MR) is 77.7 cm³/mol. The van der Waals surface area contributed by atoms with E-state index in [1.807, 2.05) is 46.8 Å². The van der Waals surface area contributed by atoms with Crippen molar-refractivity contribution in [3.63, 3.8) is 0 Å². The topological polar surface area (TPSA) is 44.8 Å². The molecule has 0 N–H and O–H groups in total. The van der Waals surface area contributed by atoms with Crippen LogP contribution in [0, 0.1) is 20.8 Å². The molecule has 1 rings (SSSR count). The molecule has 1 aromatic rings. The van der Waals surface area contributed by atoms with Crippen molar-refractivity contribution in [2.75, 3.05) is 13.7 Å². The Hall–Kier alpha value is -1.39. The summed E-state index contributed by atoms with van der Waals surface area (Å²) in [6, 6.07) is 3.91. The van der Waals surface area contributed by atoms with E-state index in [9.17, 15) is 4.79 Å². The van der Waals surface area contributed by atoms with Gasteiger partial charge in [-0.25, -0.2) is 4.79 Å². The van der Waals surface area contributed by atoms with Crippen molar-refractivity contribution in [1.29, 1.82) is 0 Å². The summed E-state index contributed by atoms with van der Waals surface area (Å²) in [6.45, 7) is 9.99. The van der Waals surface area contributed by atoms with E-state index >= 15 is 0 Å². The molecule has 0 fully saturated rings. The third-order valence-corrected chi connectivity index (χ3v) is 3.36. The maximum absolute atomic E-state index is 12.0. The van der Waals surface area contributed by atoms with Gasteiger partial charge in [-0.2, -0.15) is 4.89 Å². The van der Waals surface area contributed by atoms with Crippen LogP contribution in [-0.2, 0) is 14.5 Å². The van der Waals surface area contributed by atoms with Gasteiger partial charge in [0.05, 0.1) is 17.8 Å². The Morgan fingerprint density at radius 1 is 1.15 bits per heavy atom. The number of methoxy groups -OCH3 is 1. The molecule has 0 radical (unpaired) electrons. The SMILES string of the molecule is COC(C)(C)CCOOC(=O)c1c(C)cc(C)cc1C. The molecule has 0 aliphatic heterocycles. The van der Waals surface area contributed by atoms with Crippen LogP contribution in [0.15, 0.2) is 12.1 Å². The second kappa shape index (κ2) is 6.86. The molecular weight excluding hydrogens is 256 g/mol. The highest BCUT2D eigenvalue weighted by atomic mass is 17.2. The van der Waals surface area contributed by atoms with Crippen molar-refractivity contribution in [2.24, 2.45) is 0 Å². The number of hydrogen-bond acceptors (Lipinski definition) is 4. The van der Waals surface area contributed by atoms with E-state index in [0.29, 0.717) is 18.6 Å². The van der Waals surface area contributed by atoms with Gasteiger partial charge in [0, 0.05) is 13.5 Å². The summed E-state index contributed by atoms with van der Waals surface area (Å²) < 4.78 is 5.26. The van der Waals surface area contributed by atoms with E-state index in [2.05, 4.69) is 0 Å². The van der Waals surface area contributed by atoms with Gasteiger partial charge < -0.3 is 4.74 Å². The van der Waals surface area contributed by atoms with Crippen LogP contribution in [0.25, 0.3) is 0 Å². The van der Waals surface area contributed by atoms with Gasteiger partial charge in [0.2, 0.25) is 0 Å². The fourth-order valence-electron chi connectivity index (χ4n) is 2.03. The molecule has 4 heteroatoms. The van der Waals surface area contributed by atoms with Crippen LogP contribution >= 0.6 is 0 Å². The highest BCUT2D eigenvalue weighted by Gasteiger charge is 2.18. The number of rotatable bonds is 6. The molecule has 0 spiro atoms. The minimum Gasteiger partial charge on any atom is -0.379 e. The van der Waals surface area contributed by atoms with Crippen LogP contribution in [-0.4, -0.2) is 25.3 Å². The Bertz CT molecular complexity index is 454. The highest BCUT2D eigenvalue weighted by Crippen LogP contribution is 2.18. The number of ether oxygens (including phenoxy) is 1. The Kier molecular flexibility index (Phi) is 5.72. The smallest absolute Gasteiger partial charge is 0.373 e. The van der Waals surface area contributed by atoms with Crippen molar-refractivity contribution in [1.82, 2.24) is 0 Å². The average Bonchev–Trinajstić information content (AvgIpc) is 2.33. The number of aryl methyl sites for hydroxylation is 3. The lowest BCUT2D eigenvalue weighted by atomic mass is 10.0. The van der Waals surface area contributed by atoms with Crippen molar-refractivity contribution in [3.8, 4) is 0 Å². The van der Waals surface area contributed by atoms with Gasteiger partial charge in [-0.15, -0.1) is 0 Å². The number of benzene rings is 1. The largest absolute Gasteiger partial charge is 0.379 e. The van der Waals surface area contributed by atoms with Gasteiger partial charge in [-0.05, 0) is 45.7 Å². The summed E-state index contributed by atoms with van der Waals surface area (Å²) in [7, 11) is 1.64. The molecule has 0 aliphatic rings. The highest BCUT2D eigenvalue weighted by molar-refractivity contribution is 5.92. The van der Waals surface area contributed by atoms with Gasteiger partial charge in [0.25, 0.3) is 0 Å². The van der Waals surface area contributed by atoms with Crippen LogP contribution in [0.4, 0.5) is 0 Å². The second-order valence-electron chi connectivity index (χ2n) is 5.68. The van der Waals surface area contributed by atoms with Crippen LogP contribution < -0.4 is 0 Å². The lowest BCUT2D eigenvalue weighted by molar-refractivity contribution is -0.247. The zero-order valence-corrected chi connectivity index (χ0v) is 13.2. The Labute approximate surface area is 121 Å². The minimum atomic E-state index is -0.449. The van der Waals surface area contributed by atoms with Crippen LogP contribution in [0.5, 0.6) is 0 Å². The molecule has 4 nitrogen and oxygen atoms in total. The molecule has 0 bridgehead atoms. The van der Waals surface area contributed by atoms with Gasteiger partial charge >= 0.3 is 5.97 Å². The third kappa shape index (κ3) is 4.62. The van der Waals surface area contributed by atoms with Crippen molar-refractivity contribution in [3.05, 3.63) is 34.4 Å². The fraction of sp³-hybridized carbons (Fsp3) is 0.562. The summed E-state index contributed by atoms with van der Waals surface area (Å²) in [5.41, 5.74) is 3.20. The first-order valence-corrected chi connectivity index (χ1v) is 6.73. The van der Waals surface area contributed by atoms with E-state index in [0.717, 1.165) is 16.7 Å². The molecule has 1 aromatic carbocycles. The first-order chi connectivity index (χ1) is 9.26. The van der Waals surface area contributed by atoms with Crippen LogP contribution in [0.3, 0.4) is 0 Å². The average molecular weight is 280 g/mol. The quantitative estimate of drug-likeness (QED) is 0.454. The Balaban J connectivity index is 2.56. The van der Waals surface area contributed by atoms with Gasteiger partial charge in [-0.1, -0.05) is 17.7 Å². The molecule has 0 heterocycles. The predicted octanol–water partition coefficient (Wildman–Crippen LogP) is 3.52. The van der Waals surface area contributed by atoms with Crippen LogP contribution in [0.2, 0.25) is 0 Å². The third-order valence-electron chi connectivity index (χ3n) is 3.36. The fourth-order valence-corrected chi connectivity index (χ4v) is 2.03. The zero-order chi connectivity index (χ0) is 15.3. The van der Waals surface area contributed by atoms with Crippen LogP contribution in [0.1, 0.15) is 47.3 Å². The molecule has 0 unspecified atom stereocenters. The molecule has 0 aromatic heterocycles. The monoisotopic (exact) mass is 280 g/mol. The van der Waals surface area contributed by atoms with E-state index in [1.54, 1.807) is 7.11 Å². The van der Waals surface area contributed by atoms with Crippen molar-refractivity contribution < 1.29 is 19.3 Å². The lowest BCUT2D eigenvalue weighted by Gasteiger charge is -2.21. The first-order valence-electron chi connectivity index (χ1n) is 6.73. The summed E-state index contributed by atoms with van der Waals surface area (Å²) in [4.78, 5) is 21.9. The Morgan fingerprint density at radius 3 is 2.20 bits per heavy atom. The number of carbonyl (C=O) groups excluding carboxylic acids is 1. The maximum Gasteiger partial charge on any atom is 0.373 e. The Morgan fingerprint density at radius 2 is 1.70 bits per heavy atom. The van der Waals surface area contributed by atoms with E-state index in [-0.39, 0.29) is 5.60 Å². The summed E-state index contributed by atoms with van der Waals surface area (Å²) in [5.74, 6) is -0.449. The minimum absolute atomic E-state index is 0.290. The molecule has 20 heavy (non-hydrogen) atoms. The van der Waals surface area contributed by atoms with Gasteiger partial charge in [-0.3, -0.25) is 4.89 Å². The van der Waals surface area contributed by atoms with E-state index in [4.69, 9.17) is 14.5 Å². The zero-order valence-electron chi connectivity index (χ0n) is 13.2. The van der Waals surface area contributed by atoms with Gasteiger partial charge in [0.15, 0.2) is 0 Å². The maximum atomic E-state index is 12.0.